The first-order valence-corrected chi connectivity index (χ1v) is 18.5. The van der Waals surface area contributed by atoms with Crippen LogP contribution >= 0.6 is 0 Å². The van der Waals surface area contributed by atoms with Crippen molar-refractivity contribution in [3.63, 3.8) is 0 Å². The summed E-state index contributed by atoms with van der Waals surface area (Å²) in [6.45, 7) is 0. The Labute approximate surface area is 317 Å². The fourth-order valence-electron chi connectivity index (χ4n) is 8.01. The van der Waals surface area contributed by atoms with Crippen molar-refractivity contribution < 1.29 is 4.42 Å². The Kier molecular flexibility index (Phi) is 7.14. The van der Waals surface area contributed by atoms with Crippen LogP contribution in [0.3, 0.4) is 0 Å². The summed E-state index contributed by atoms with van der Waals surface area (Å²) < 4.78 is 6.28. The van der Waals surface area contributed by atoms with E-state index < -0.39 is 0 Å². The van der Waals surface area contributed by atoms with Gasteiger partial charge >= 0.3 is 0 Å². The molecule has 9 aromatic carbocycles. The van der Waals surface area contributed by atoms with Gasteiger partial charge in [0.15, 0.2) is 17.5 Å². The highest BCUT2D eigenvalue weighted by Gasteiger charge is 2.17. The van der Waals surface area contributed by atoms with Crippen LogP contribution in [0, 0.1) is 0 Å². The van der Waals surface area contributed by atoms with Crippen molar-refractivity contribution in [3.05, 3.63) is 188 Å². The quantitative estimate of drug-likeness (QED) is 0.132. The summed E-state index contributed by atoms with van der Waals surface area (Å²) in [5.74, 6) is 1.80. The van der Waals surface area contributed by atoms with Crippen molar-refractivity contribution in [1.82, 2.24) is 15.0 Å². The van der Waals surface area contributed by atoms with Gasteiger partial charge in [0.1, 0.15) is 11.2 Å². The van der Waals surface area contributed by atoms with Gasteiger partial charge in [0, 0.05) is 27.5 Å². The van der Waals surface area contributed by atoms with Crippen LogP contribution in [0.1, 0.15) is 0 Å². The molecule has 0 saturated heterocycles. The molecule has 0 fully saturated rings. The number of furan rings is 1. The Morgan fingerprint density at radius 3 is 1.65 bits per heavy atom. The van der Waals surface area contributed by atoms with Crippen molar-refractivity contribution in [1.29, 1.82) is 0 Å². The third-order valence-corrected chi connectivity index (χ3v) is 10.7. The van der Waals surface area contributed by atoms with E-state index in [9.17, 15) is 0 Å². The zero-order valence-corrected chi connectivity index (χ0v) is 29.6. The smallest absolute Gasteiger partial charge is 0.164 e. The average molecular weight is 702 g/mol. The first-order valence-electron chi connectivity index (χ1n) is 18.5. The van der Waals surface area contributed by atoms with E-state index in [4.69, 9.17) is 19.4 Å². The molecule has 0 atom stereocenters. The van der Waals surface area contributed by atoms with Crippen LogP contribution in [-0.2, 0) is 0 Å². The standard InChI is InChI=1S/C51H31N3O/c1-2-11-32(12-3-1)36-15-10-16-38(29-36)50-52-49(53-51(54-50)39-26-27-43-42-19-8-9-20-46(42)55-47(43)31-39)35-23-21-34(22-24-35)48-41-18-7-5-14-37(41)30-45-40-17-6-4-13-33(40)25-28-44(45)48/h1-31H. The number of para-hydroxylation sites is 1. The molecular weight excluding hydrogens is 671 g/mol. The first-order chi connectivity index (χ1) is 27.2. The van der Waals surface area contributed by atoms with E-state index in [0.717, 1.165) is 55.3 Å². The second kappa shape index (κ2) is 12.6. The maximum absolute atomic E-state index is 6.28. The molecule has 2 aromatic heterocycles. The molecule has 0 aliphatic rings. The molecule has 0 radical (unpaired) electrons. The van der Waals surface area contributed by atoms with Gasteiger partial charge in [0.2, 0.25) is 0 Å². The predicted octanol–water partition coefficient (Wildman–Crippen LogP) is 13.6. The average Bonchev–Trinajstić information content (AvgIpc) is 3.64. The summed E-state index contributed by atoms with van der Waals surface area (Å²) >= 11 is 0. The van der Waals surface area contributed by atoms with Gasteiger partial charge in [-0.25, -0.2) is 15.0 Å². The predicted molar refractivity (Wildman–Crippen MR) is 227 cm³/mol. The largest absolute Gasteiger partial charge is 0.456 e. The Hall–Kier alpha value is -7.43. The SMILES string of the molecule is c1ccc(-c2cccc(-c3nc(-c4ccc(-c5c6ccccc6cc6c5ccc5ccccc56)cc4)nc(-c4ccc5c(c4)oc4ccccc45)n3)c2)cc1. The normalized spacial score (nSPS) is 11.6. The topological polar surface area (TPSA) is 51.8 Å². The fourth-order valence-corrected chi connectivity index (χ4v) is 8.01. The minimum absolute atomic E-state index is 0.587. The number of hydrogen-bond acceptors (Lipinski definition) is 4. The zero-order chi connectivity index (χ0) is 36.3. The summed E-state index contributed by atoms with van der Waals surface area (Å²) in [6, 6.07) is 65.9. The number of nitrogens with zero attached hydrogens (tertiary/aromatic N) is 3. The molecule has 0 unspecified atom stereocenters. The van der Waals surface area contributed by atoms with E-state index in [2.05, 4.69) is 158 Å². The van der Waals surface area contributed by atoms with Gasteiger partial charge in [0.05, 0.1) is 0 Å². The lowest BCUT2D eigenvalue weighted by Gasteiger charge is -2.14. The lowest BCUT2D eigenvalue weighted by atomic mass is 9.89. The lowest BCUT2D eigenvalue weighted by Crippen LogP contribution is -2.00. The Morgan fingerprint density at radius 2 is 0.836 bits per heavy atom. The van der Waals surface area contributed by atoms with Gasteiger partial charge in [-0.05, 0) is 84.9 Å². The molecule has 0 aliphatic heterocycles. The van der Waals surface area contributed by atoms with Gasteiger partial charge in [0.25, 0.3) is 0 Å². The summed E-state index contributed by atoms with van der Waals surface area (Å²) in [4.78, 5) is 15.3. The van der Waals surface area contributed by atoms with Crippen LogP contribution < -0.4 is 0 Å². The summed E-state index contributed by atoms with van der Waals surface area (Å²) in [7, 11) is 0. The second-order valence-electron chi connectivity index (χ2n) is 14.0. The number of hydrogen-bond donors (Lipinski definition) is 0. The Bertz CT molecular complexity index is 3260. The number of aromatic nitrogens is 3. The van der Waals surface area contributed by atoms with Crippen LogP contribution in [0.4, 0.5) is 0 Å². The van der Waals surface area contributed by atoms with Crippen LogP contribution in [-0.4, -0.2) is 15.0 Å². The van der Waals surface area contributed by atoms with E-state index >= 15 is 0 Å². The first kappa shape index (κ1) is 31.1. The molecule has 0 bridgehead atoms. The number of rotatable bonds is 5. The van der Waals surface area contributed by atoms with Gasteiger partial charge in [-0.3, -0.25) is 0 Å². The van der Waals surface area contributed by atoms with E-state index in [-0.39, 0.29) is 0 Å². The third kappa shape index (κ3) is 5.34. The Morgan fingerprint density at radius 1 is 0.273 bits per heavy atom. The third-order valence-electron chi connectivity index (χ3n) is 10.7. The molecule has 4 heteroatoms. The lowest BCUT2D eigenvalue weighted by molar-refractivity contribution is 0.669. The van der Waals surface area contributed by atoms with Crippen molar-refractivity contribution in [2.45, 2.75) is 0 Å². The van der Waals surface area contributed by atoms with E-state index in [1.165, 1.54) is 37.9 Å². The van der Waals surface area contributed by atoms with Crippen LogP contribution in [0.15, 0.2) is 192 Å². The summed E-state index contributed by atoms with van der Waals surface area (Å²) in [5.41, 5.74) is 8.95. The summed E-state index contributed by atoms with van der Waals surface area (Å²) in [6.07, 6.45) is 0. The Balaban J connectivity index is 1.07. The van der Waals surface area contributed by atoms with Crippen LogP contribution in [0.25, 0.3) is 111 Å². The van der Waals surface area contributed by atoms with Crippen molar-refractivity contribution in [3.8, 4) is 56.4 Å². The molecule has 256 valence electrons. The molecule has 4 nitrogen and oxygen atoms in total. The van der Waals surface area contributed by atoms with Crippen molar-refractivity contribution in [2.75, 3.05) is 0 Å². The second-order valence-corrected chi connectivity index (χ2v) is 14.0. The molecule has 0 saturated carbocycles. The molecule has 2 heterocycles. The number of fused-ring (bicyclic) bond motifs is 7. The van der Waals surface area contributed by atoms with Gasteiger partial charge in [-0.1, -0.05) is 158 Å². The minimum atomic E-state index is 0.587. The van der Waals surface area contributed by atoms with Gasteiger partial charge in [-0.15, -0.1) is 0 Å². The highest BCUT2D eigenvalue weighted by atomic mass is 16.3. The van der Waals surface area contributed by atoms with Gasteiger partial charge < -0.3 is 4.42 Å². The van der Waals surface area contributed by atoms with E-state index in [0.29, 0.717) is 17.5 Å². The molecule has 55 heavy (non-hydrogen) atoms. The fraction of sp³-hybridized carbons (Fsp3) is 0. The van der Waals surface area contributed by atoms with E-state index in [1.807, 2.05) is 30.3 Å². The zero-order valence-electron chi connectivity index (χ0n) is 29.6. The monoisotopic (exact) mass is 701 g/mol. The molecular formula is C51H31N3O. The molecule has 11 rings (SSSR count). The molecule has 0 aliphatic carbocycles. The maximum Gasteiger partial charge on any atom is 0.164 e. The van der Waals surface area contributed by atoms with Crippen LogP contribution in [0.2, 0.25) is 0 Å². The molecule has 0 N–H and O–H groups in total. The van der Waals surface area contributed by atoms with Crippen LogP contribution in [0.5, 0.6) is 0 Å². The highest BCUT2D eigenvalue weighted by molar-refractivity contribution is 6.20. The van der Waals surface area contributed by atoms with Gasteiger partial charge in [-0.2, -0.15) is 0 Å². The van der Waals surface area contributed by atoms with Crippen molar-refractivity contribution >= 4 is 54.3 Å². The highest BCUT2D eigenvalue weighted by Crippen LogP contribution is 2.40. The van der Waals surface area contributed by atoms with Crippen molar-refractivity contribution in [2.24, 2.45) is 0 Å². The molecule has 11 aromatic rings. The molecule has 0 spiro atoms. The molecule has 0 amide bonds. The minimum Gasteiger partial charge on any atom is -0.456 e. The summed E-state index contributed by atoms with van der Waals surface area (Å²) in [5, 5.41) is 9.57. The maximum atomic E-state index is 6.28. The van der Waals surface area contributed by atoms with E-state index in [1.54, 1.807) is 0 Å². The number of benzene rings is 9.